The molecule has 0 atom stereocenters. The van der Waals surface area contributed by atoms with Gasteiger partial charge in [0.2, 0.25) is 0 Å². The van der Waals surface area contributed by atoms with Crippen molar-refractivity contribution in [1.82, 2.24) is 24.9 Å². The number of benzene rings is 1. The molecule has 0 aliphatic heterocycles. The van der Waals surface area contributed by atoms with E-state index < -0.39 is 0 Å². The lowest BCUT2D eigenvalue weighted by Crippen LogP contribution is -2.25. The quantitative estimate of drug-likeness (QED) is 0.702. The molecule has 126 valence electrons. The lowest BCUT2D eigenvalue weighted by atomic mass is 10.2. The Labute approximate surface area is 140 Å². The number of hydrogen-bond acceptors (Lipinski definition) is 4. The summed E-state index contributed by atoms with van der Waals surface area (Å²) in [5.74, 6) is 0.449. The molecule has 0 saturated carbocycles. The van der Waals surface area contributed by atoms with Crippen LogP contribution in [0.15, 0.2) is 30.5 Å². The van der Waals surface area contributed by atoms with Crippen LogP contribution in [0, 0.1) is 6.92 Å². The number of nitrogens with one attached hydrogen (secondary N) is 1. The van der Waals surface area contributed by atoms with Crippen molar-refractivity contribution in [3.8, 4) is 5.75 Å². The lowest BCUT2D eigenvalue weighted by Gasteiger charge is -2.09. The van der Waals surface area contributed by atoms with Crippen molar-refractivity contribution < 1.29 is 9.53 Å². The molecule has 0 aliphatic carbocycles. The van der Waals surface area contributed by atoms with Gasteiger partial charge in [0.25, 0.3) is 5.91 Å². The van der Waals surface area contributed by atoms with Gasteiger partial charge in [-0.2, -0.15) is 10.2 Å². The molecular formula is C17H21N5O2. The molecule has 0 aliphatic rings. The number of nitrogens with zero attached hydrogens (tertiary/aromatic N) is 4. The monoisotopic (exact) mass is 327 g/mol. The minimum absolute atomic E-state index is 0.129. The van der Waals surface area contributed by atoms with Crippen LogP contribution in [0.4, 0.5) is 0 Å². The maximum atomic E-state index is 12.2. The molecule has 1 N–H and O–H groups in total. The van der Waals surface area contributed by atoms with Crippen LogP contribution < -0.4 is 10.1 Å². The van der Waals surface area contributed by atoms with Crippen molar-refractivity contribution in [3.05, 3.63) is 41.7 Å². The summed E-state index contributed by atoms with van der Waals surface area (Å²) in [6, 6.07) is 7.20. The zero-order chi connectivity index (χ0) is 17.1. The number of amides is 1. The molecule has 3 rings (SSSR count). The van der Waals surface area contributed by atoms with E-state index in [4.69, 9.17) is 4.74 Å². The van der Waals surface area contributed by atoms with Crippen LogP contribution >= 0.6 is 0 Å². The van der Waals surface area contributed by atoms with E-state index in [1.165, 1.54) is 0 Å². The first-order valence-electron chi connectivity index (χ1n) is 7.88. The fourth-order valence-electron chi connectivity index (χ4n) is 2.84. The molecule has 0 radical (unpaired) electrons. The number of ether oxygens (including phenoxy) is 1. The molecule has 2 heterocycles. The van der Waals surface area contributed by atoms with Crippen molar-refractivity contribution in [1.29, 1.82) is 0 Å². The molecular weight excluding hydrogens is 306 g/mol. The summed E-state index contributed by atoms with van der Waals surface area (Å²) in [5.41, 5.74) is 3.58. The molecule has 0 saturated heterocycles. The van der Waals surface area contributed by atoms with E-state index in [9.17, 15) is 4.79 Å². The number of aryl methyl sites for hydroxylation is 3. The second kappa shape index (κ2) is 6.74. The minimum Gasteiger partial charge on any atom is -0.496 e. The van der Waals surface area contributed by atoms with Gasteiger partial charge in [-0.3, -0.25) is 14.2 Å². The van der Waals surface area contributed by atoms with Gasteiger partial charge < -0.3 is 10.1 Å². The molecule has 24 heavy (non-hydrogen) atoms. The van der Waals surface area contributed by atoms with Crippen molar-refractivity contribution in [2.75, 3.05) is 13.7 Å². The summed E-state index contributed by atoms with van der Waals surface area (Å²) >= 11 is 0. The van der Waals surface area contributed by atoms with Crippen LogP contribution in [-0.2, 0) is 13.6 Å². The number of carbonyl (C=O) groups excluding carboxylic acids is 1. The predicted molar refractivity (Wildman–Crippen MR) is 91.2 cm³/mol. The summed E-state index contributed by atoms with van der Waals surface area (Å²) in [6.07, 6.45) is 2.61. The minimum atomic E-state index is -0.129. The van der Waals surface area contributed by atoms with Crippen molar-refractivity contribution in [2.24, 2.45) is 7.05 Å². The van der Waals surface area contributed by atoms with Crippen LogP contribution in [0.1, 0.15) is 22.5 Å². The predicted octanol–water partition coefficient (Wildman–Crippen LogP) is 1.91. The zero-order valence-corrected chi connectivity index (χ0v) is 14.1. The third kappa shape index (κ3) is 2.97. The van der Waals surface area contributed by atoms with Gasteiger partial charge in [0, 0.05) is 20.1 Å². The molecule has 2 aromatic heterocycles. The van der Waals surface area contributed by atoms with Gasteiger partial charge in [-0.15, -0.1) is 0 Å². The number of aromatic nitrogens is 4. The Bertz CT molecular complexity index is 865. The van der Waals surface area contributed by atoms with Crippen LogP contribution in [-0.4, -0.2) is 39.1 Å². The second-order valence-electron chi connectivity index (χ2n) is 5.62. The summed E-state index contributed by atoms with van der Waals surface area (Å²) in [6.45, 7) is 3.27. The maximum absolute atomic E-state index is 12.2. The van der Waals surface area contributed by atoms with Gasteiger partial charge in [0.15, 0.2) is 0 Å². The maximum Gasteiger partial charge on any atom is 0.255 e. The highest BCUT2D eigenvalue weighted by atomic mass is 16.5. The van der Waals surface area contributed by atoms with E-state index in [0.717, 1.165) is 29.7 Å². The molecule has 1 amide bonds. The molecule has 0 unspecified atom stereocenters. The van der Waals surface area contributed by atoms with Gasteiger partial charge in [-0.25, -0.2) is 0 Å². The average molecular weight is 327 g/mol. The summed E-state index contributed by atoms with van der Waals surface area (Å²) in [7, 11) is 3.47. The van der Waals surface area contributed by atoms with Gasteiger partial charge in [0.05, 0.1) is 24.6 Å². The Morgan fingerprint density at radius 3 is 2.92 bits per heavy atom. The highest BCUT2D eigenvalue weighted by Gasteiger charge is 2.12. The first-order valence-corrected chi connectivity index (χ1v) is 7.88. The molecule has 7 heteroatoms. The van der Waals surface area contributed by atoms with E-state index in [1.54, 1.807) is 19.2 Å². The first-order chi connectivity index (χ1) is 11.6. The molecule has 1 aromatic carbocycles. The van der Waals surface area contributed by atoms with Crippen molar-refractivity contribution in [3.63, 3.8) is 0 Å². The molecule has 0 bridgehead atoms. The number of carbonyl (C=O) groups is 1. The largest absolute Gasteiger partial charge is 0.496 e. The fraction of sp³-hybridized carbons (Fsp3) is 0.353. The first kappa shape index (κ1) is 16.0. The van der Waals surface area contributed by atoms with Crippen molar-refractivity contribution >= 4 is 16.9 Å². The Morgan fingerprint density at radius 2 is 2.12 bits per heavy atom. The normalized spacial score (nSPS) is 11.0. The van der Waals surface area contributed by atoms with E-state index in [0.29, 0.717) is 17.9 Å². The smallest absolute Gasteiger partial charge is 0.255 e. The molecule has 0 fully saturated rings. The Hall–Kier alpha value is -2.83. The Balaban J connectivity index is 1.58. The highest BCUT2D eigenvalue weighted by molar-refractivity contribution is 5.96. The SMILES string of the molecule is COc1ccccc1C(=O)NCCCn1ncc2c1c(C)nn2C. The lowest BCUT2D eigenvalue weighted by molar-refractivity contribution is 0.0949. The van der Waals surface area contributed by atoms with E-state index >= 15 is 0 Å². The molecule has 3 aromatic rings. The third-order valence-corrected chi connectivity index (χ3v) is 4.00. The standard InChI is InChI=1S/C17H21N5O2/c1-12-16-14(21(2)20-12)11-19-22(16)10-6-9-18-17(23)13-7-4-5-8-15(13)24-3/h4-5,7-8,11H,6,9-10H2,1-3H3,(H,18,23). The number of rotatable bonds is 6. The molecule has 7 nitrogen and oxygen atoms in total. The summed E-state index contributed by atoms with van der Waals surface area (Å²) in [5, 5.41) is 11.7. The highest BCUT2D eigenvalue weighted by Crippen LogP contribution is 2.18. The van der Waals surface area contributed by atoms with Gasteiger partial charge in [-0.1, -0.05) is 12.1 Å². The number of fused-ring (bicyclic) bond motifs is 1. The van der Waals surface area contributed by atoms with Crippen LogP contribution in [0.25, 0.3) is 11.0 Å². The van der Waals surface area contributed by atoms with E-state index in [1.807, 2.05) is 41.7 Å². The topological polar surface area (TPSA) is 74.0 Å². The molecule has 0 spiro atoms. The van der Waals surface area contributed by atoms with Crippen molar-refractivity contribution in [2.45, 2.75) is 19.9 Å². The second-order valence-corrected chi connectivity index (χ2v) is 5.62. The Kier molecular flexibility index (Phi) is 4.50. The average Bonchev–Trinajstić information content (AvgIpc) is 3.13. The van der Waals surface area contributed by atoms with Crippen LogP contribution in [0.2, 0.25) is 0 Å². The number of hydrogen-bond donors (Lipinski definition) is 1. The third-order valence-electron chi connectivity index (χ3n) is 4.00. The fourth-order valence-corrected chi connectivity index (χ4v) is 2.84. The zero-order valence-electron chi connectivity index (χ0n) is 14.1. The van der Waals surface area contributed by atoms with Crippen LogP contribution in [0.5, 0.6) is 5.75 Å². The van der Waals surface area contributed by atoms with Gasteiger partial charge >= 0.3 is 0 Å². The van der Waals surface area contributed by atoms with E-state index in [2.05, 4.69) is 15.5 Å². The van der Waals surface area contributed by atoms with Gasteiger partial charge in [0.1, 0.15) is 16.8 Å². The van der Waals surface area contributed by atoms with E-state index in [-0.39, 0.29) is 5.91 Å². The number of para-hydroxylation sites is 1. The Morgan fingerprint density at radius 1 is 1.33 bits per heavy atom. The summed E-state index contributed by atoms with van der Waals surface area (Å²) < 4.78 is 8.98. The summed E-state index contributed by atoms with van der Waals surface area (Å²) in [4.78, 5) is 12.2. The number of methoxy groups -OCH3 is 1. The van der Waals surface area contributed by atoms with Crippen LogP contribution in [0.3, 0.4) is 0 Å². The van der Waals surface area contributed by atoms with Gasteiger partial charge in [-0.05, 0) is 25.5 Å².